The van der Waals surface area contributed by atoms with Gasteiger partial charge in [0.1, 0.15) is 6.04 Å². The van der Waals surface area contributed by atoms with E-state index in [1.165, 1.54) is 0 Å². The molecule has 1 aliphatic heterocycles. The zero-order valence-electron chi connectivity index (χ0n) is 9.86. The number of rotatable bonds is 2. The summed E-state index contributed by atoms with van der Waals surface area (Å²) in [4.78, 5) is 4.39. The third-order valence-electron chi connectivity index (χ3n) is 3.07. The lowest BCUT2D eigenvalue weighted by molar-refractivity contribution is 0.194. The molecule has 1 heterocycles. The van der Waals surface area contributed by atoms with Crippen LogP contribution in [0.25, 0.3) is 0 Å². The van der Waals surface area contributed by atoms with Gasteiger partial charge in [0.2, 0.25) is 0 Å². The molecule has 2 atom stereocenters. The van der Waals surface area contributed by atoms with Gasteiger partial charge in [0.15, 0.2) is 6.10 Å². The van der Waals surface area contributed by atoms with Crippen LogP contribution in [0.4, 0.5) is 0 Å². The van der Waals surface area contributed by atoms with Crippen LogP contribution in [0.1, 0.15) is 23.3 Å². The second kappa shape index (κ2) is 4.53. The highest BCUT2D eigenvalue weighted by molar-refractivity contribution is 5.74. The Bertz CT molecular complexity index is 551. The standard InChI is InChI=1S/C15H14N2O/c16-15-17-13(11-7-3-1-4-8-11)14(18-15)12-9-5-2-6-10-12/h1-10,13-14H,(H2,16,17). The van der Waals surface area contributed by atoms with Gasteiger partial charge in [-0.05, 0) is 11.1 Å². The summed E-state index contributed by atoms with van der Waals surface area (Å²) in [5.74, 6) is 0. The van der Waals surface area contributed by atoms with Crippen LogP contribution in [0.2, 0.25) is 0 Å². The van der Waals surface area contributed by atoms with E-state index >= 15 is 0 Å². The van der Waals surface area contributed by atoms with E-state index in [0.717, 1.165) is 11.1 Å². The van der Waals surface area contributed by atoms with Crippen LogP contribution >= 0.6 is 0 Å². The number of benzene rings is 2. The largest absolute Gasteiger partial charge is 0.455 e. The summed E-state index contributed by atoms with van der Waals surface area (Å²) >= 11 is 0. The number of hydrogen-bond acceptors (Lipinski definition) is 3. The van der Waals surface area contributed by atoms with E-state index < -0.39 is 0 Å². The first-order chi connectivity index (χ1) is 8.84. The van der Waals surface area contributed by atoms with Gasteiger partial charge in [-0.3, -0.25) is 0 Å². The number of nitrogens with zero attached hydrogens (tertiary/aromatic N) is 1. The molecule has 0 amide bonds. The molecule has 0 aromatic heterocycles. The minimum atomic E-state index is -0.131. The van der Waals surface area contributed by atoms with Crippen LogP contribution in [0.15, 0.2) is 65.7 Å². The minimum absolute atomic E-state index is 0.0615. The first kappa shape index (κ1) is 10.8. The van der Waals surface area contributed by atoms with E-state index in [1.807, 2.05) is 60.7 Å². The van der Waals surface area contributed by atoms with Gasteiger partial charge >= 0.3 is 0 Å². The molecule has 3 heteroatoms. The fourth-order valence-corrected chi connectivity index (χ4v) is 2.22. The Labute approximate surface area is 106 Å². The Morgan fingerprint density at radius 1 is 0.833 bits per heavy atom. The monoisotopic (exact) mass is 238 g/mol. The van der Waals surface area contributed by atoms with E-state index in [4.69, 9.17) is 10.5 Å². The number of amidine groups is 1. The molecule has 0 spiro atoms. The topological polar surface area (TPSA) is 47.6 Å². The van der Waals surface area contributed by atoms with E-state index in [-0.39, 0.29) is 18.2 Å². The summed E-state index contributed by atoms with van der Waals surface area (Å²) in [6.07, 6.45) is -0.131. The minimum Gasteiger partial charge on any atom is -0.455 e. The lowest BCUT2D eigenvalue weighted by Gasteiger charge is -2.17. The molecule has 2 aromatic carbocycles. The van der Waals surface area contributed by atoms with E-state index in [9.17, 15) is 0 Å². The molecule has 3 rings (SSSR count). The van der Waals surface area contributed by atoms with Gasteiger partial charge in [-0.15, -0.1) is 0 Å². The molecule has 2 N–H and O–H groups in total. The lowest BCUT2D eigenvalue weighted by Crippen LogP contribution is -2.13. The summed E-state index contributed by atoms with van der Waals surface area (Å²) in [6, 6.07) is 20.3. The van der Waals surface area contributed by atoms with Crippen LogP contribution in [0, 0.1) is 0 Å². The van der Waals surface area contributed by atoms with Crippen molar-refractivity contribution in [2.45, 2.75) is 12.1 Å². The highest BCUT2D eigenvalue weighted by Gasteiger charge is 2.32. The van der Waals surface area contributed by atoms with Crippen molar-refractivity contribution in [3.63, 3.8) is 0 Å². The third-order valence-corrected chi connectivity index (χ3v) is 3.07. The van der Waals surface area contributed by atoms with Gasteiger partial charge in [0.05, 0.1) is 0 Å². The van der Waals surface area contributed by atoms with Gasteiger partial charge in [0.25, 0.3) is 6.02 Å². The molecular weight excluding hydrogens is 224 g/mol. The first-order valence-corrected chi connectivity index (χ1v) is 5.94. The van der Waals surface area contributed by atoms with Crippen LogP contribution < -0.4 is 5.73 Å². The molecule has 0 bridgehead atoms. The van der Waals surface area contributed by atoms with Crippen molar-refractivity contribution in [2.75, 3.05) is 0 Å². The average molecular weight is 238 g/mol. The molecule has 0 saturated carbocycles. The molecule has 2 aromatic rings. The summed E-state index contributed by atoms with van der Waals surface area (Å²) in [5, 5.41) is 0. The van der Waals surface area contributed by atoms with Crippen LogP contribution in [-0.2, 0) is 4.74 Å². The van der Waals surface area contributed by atoms with Crippen molar-refractivity contribution < 1.29 is 4.74 Å². The summed E-state index contributed by atoms with van der Waals surface area (Å²) in [5.41, 5.74) is 7.93. The quantitative estimate of drug-likeness (QED) is 0.874. The van der Waals surface area contributed by atoms with Gasteiger partial charge in [-0.2, -0.15) is 0 Å². The normalized spacial score (nSPS) is 22.3. The molecule has 0 radical (unpaired) electrons. The Morgan fingerprint density at radius 3 is 2.00 bits per heavy atom. The average Bonchev–Trinajstić information content (AvgIpc) is 2.83. The van der Waals surface area contributed by atoms with E-state index in [2.05, 4.69) is 4.99 Å². The molecule has 0 saturated heterocycles. The van der Waals surface area contributed by atoms with Crippen molar-refractivity contribution in [1.82, 2.24) is 0 Å². The van der Waals surface area contributed by atoms with Crippen molar-refractivity contribution in [3.8, 4) is 0 Å². The molecule has 2 unspecified atom stereocenters. The lowest BCUT2D eigenvalue weighted by atomic mass is 9.97. The van der Waals surface area contributed by atoms with E-state index in [1.54, 1.807) is 0 Å². The van der Waals surface area contributed by atoms with Crippen LogP contribution in [-0.4, -0.2) is 6.02 Å². The van der Waals surface area contributed by atoms with Gasteiger partial charge < -0.3 is 10.5 Å². The van der Waals surface area contributed by atoms with Gasteiger partial charge in [0, 0.05) is 0 Å². The van der Waals surface area contributed by atoms with Gasteiger partial charge in [-0.1, -0.05) is 60.7 Å². The number of aliphatic imine (C=N–C) groups is 1. The van der Waals surface area contributed by atoms with Crippen molar-refractivity contribution >= 4 is 6.02 Å². The maximum absolute atomic E-state index is 5.72. The molecule has 3 nitrogen and oxygen atoms in total. The molecular formula is C15H14N2O. The number of hydrogen-bond donors (Lipinski definition) is 1. The number of nitrogens with two attached hydrogens (primary N) is 1. The van der Waals surface area contributed by atoms with Crippen molar-refractivity contribution in [3.05, 3.63) is 71.8 Å². The van der Waals surface area contributed by atoms with Gasteiger partial charge in [-0.25, -0.2) is 4.99 Å². The summed E-state index contributed by atoms with van der Waals surface area (Å²) < 4.78 is 5.64. The fraction of sp³-hybridized carbons (Fsp3) is 0.133. The summed E-state index contributed by atoms with van der Waals surface area (Å²) in [7, 11) is 0. The van der Waals surface area contributed by atoms with Crippen molar-refractivity contribution in [2.24, 2.45) is 10.7 Å². The zero-order valence-corrected chi connectivity index (χ0v) is 9.86. The Balaban J connectivity index is 1.97. The molecule has 18 heavy (non-hydrogen) atoms. The zero-order chi connectivity index (χ0) is 12.4. The fourth-order valence-electron chi connectivity index (χ4n) is 2.22. The Kier molecular flexibility index (Phi) is 2.73. The SMILES string of the molecule is NC1=NC(c2ccccc2)C(c2ccccc2)O1. The molecule has 1 aliphatic rings. The summed E-state index contributed by atoms with van der Waals surface area (Å²) in [6.45, 7) is 0. The number of ether oxygens (including phenoxy) is 1. The Hall–Kier alpha value is -2.29. The predicted molar refractivity (Wildman–Crippen MR) is 71.1 cm³/mol. The maximum atomic E-state index is 5.72. The second-order valence-electron chi connectivity index (χ2n) is 4.27. The highest BCUT2D eigenvalue weighted by Crippen LogP contribution is 2.38. The molecule has 90 valence electrons. The smallest absolute Gasteiger partial charge is 0.283 e. The molecule has 0 aliphatic carbocycles. The van der Waals surface area contributed by atoms with E-state index in [0.29, 0.717) is 0 Å². The second-order valence-corrected chi connectivity index (χ2v) is 4.27. The highest BCUT2D eigenvalue weighted by atomic mass is 16.5. The van der Waals surface area contributed by atoms with Crippen molar-refractivity contribution in [1.29, 1.82) is 0 Å². The third kappa shape index (κ3) is 1.95. The molecule has 0 fully saturated rings. The maximum Gasteiger partial charge on any atom is 0.283 e. The van der Waals surface area contributed by atoms with Crippen LogP contribution in [0.5, 0.6) is 0 Å². The predicted octanol–water partition coefficient (Wildman–Crippen LogP) is 2.81. The van der Waals surface area contributed by atoms with Crippen LogP contribution in [0.3, 0.4) is 0 Å². The Morgan fingerprint density at radius 2 is 1.39 bits per heavy atom. The first-order valence-electron chi connectivity index (χ1n) is 5.94.